The van der Waals surface area contributed by atoms with E-state index in [-0.39, 0.29) is 5.41 Å². The van der Waals surface area contributed by atoms with Crippen LogP contribution in [0.1, 0.15) is 25.0 Å². The van der Waals surface area contributed by atoms with Crippen molar-refractivity contribution >= 4 is 38.9 Å². The van der Waals surface area contributed by atoms with E-state index in [1.807, 2.05) is 0 Å². The molecule has 2 heterocycles. The average molecular weight is 760 g/mol. The lowest BCUT2D eigenvalue weighted by atomic mass is 9.82. The van der Waals surface area contributed by atoms with E-state index in [0.717, 1.165) is 28.4 Å². The van der Waals surface area contributed by atoms with Crippen molar-refractivity contribution in [2.45, 2.75) is 19.3 Å². The number of nitrogens with zero attached hydrogens (tertiary/aromatic N) is 4. The van der Waals surface area contributed by atoms with Gasteiger partial charge in [0.05, 0.1) is 18.1 Å². The van der Waals surface area contributed by atoms with E-state index in [4.69, 9.17) is 0 Å². The zero-order valence-electron chi connectivity index (χ0n) is 33.4. The fourth-order valence-electron chi connectivity index (χ4n) is 9.32. The Morgan fingerprint density at radius 1 is 0.458 bits per heavy atom. The van der Waals surface area contributed by atoms with Crippen molar-refractivity contribution in [1.82, 2.24) is 9.13 Å². The molecule has 0 fully saturated rings. The van der Waals surface area contributed by atoms with Crippen LogP contribution in [-0.4, -0.2) is 9.13 Å². The quantitative estimate of drug-likeness (QED) is 0.148. The smallest absolute Gasteiger partial charge is 0.248 e. The summed E-state index contributed by atoms with van der Waals surface area (Å²) in [5.41, 5.74) is 18.1. The molecule has 2 aromatic heterocycles. The molecule has 0 amide bonds. The first-order valence-corrected chi connectivity index (χ1v) is 20.4. The summed E-state index contributed by atoms with van der Waals surface area (Å²) in [6, 6.07) is 68.9. The summed E-state index contributed by atoms with van der Waals surface area (Å²) in [6.45, 7) is 4.70. The van der Waals surface area contributed by atoms with Crippen LogP contribution in [0.25, 0.3) is 66.6 Å². The topological polar surface area (TPSA) is 17.0 Å². The minimum atomic E-state index is -0.0997. The second-order valence-corrected chi connectivity index (χ2v) is 16.3. The largest absolute Gasteiger partial charge is 0.310 e. The monoisotopic (exact) mass is 759 g/mol. The third-order valence-corrected chi connectivity index (χ3v) is 12.3. The molecule has 0 saturated carbocycles. The number of rotatable bonds is 7. The maximum Gasteiger partial charge on any atom is 0.248 e. The average Bonchev–Trinajstić information content (AvgIpc) is 3.94. The van der Waals surface area contributed by atoms with E-state index in [0.29, 0.717) is 0 Å². The van der Waals surface area contributed by atoms with Crippen molar-refractivity contribution in [3.8, 4) is 44.8 Å². The lowest BCUT2D eigenvalue weighted by Crippen LogP contribution is -2.23. The van der Waals surface area contributed by atoms with Crippen LogP contribution in [0, 0.1) is 0 Å². The molecule has 1 aliphatic carbocycles. The Bertz CT molecular complexity index is 3170. The molecule has 0 bridgehead atoms. The highest BCUT2D eigenvalue weighted by molar-refractivity contribution is 6.11. The van der Waals surface area contributed by atoms with Gasteiger partial charge in [0, 0.05) is 38.9 Å². The van der Waals surface area contributed by atoms with Gasteiger partial charge in [0.2, 0.25) is 6.33 Å². The summed E-state index contributed by atoms with van der Waals surface area (Å²) in [5.74, 6) is 0. The third-order valence-electron chi connectivity index (χ3n) is 12.3. The minimum Gasteiger partial charge on any atom is -0.310 e. The summed E-state index contributed by atoms with van der Waals surface area (Å²) in [4.78, 5) is 2.40. The number of aryl methyl sites for hydroxylation is 1. The van der Waals surface area contributed by atoms with Crippen LogP contribution in [0.3, 0.4) is 0 Å². The number of aromatic nitrogens is 3. The molecule has 0 unspecified atom stereocenters. The van der Waals surface area contributed by atoms with E-state index in [2.05, 4.69) is 246 Å². The van der Waals surface area contributed by atoms with Crippen molar-refractivity contribution in [1.29, 1.82) is 0 Å². The van der Waals surface area contributed by atoms with Gasteiger partial charge < -0.3 is 9.47 Å². The van der Waals surface area contributed by atoms with Crippen LogP contribution in [0.5, 0.6) is 0 Å². The SMILES string of the molecule is C[n+]1ccn(-c2ccc3c(c2)c2cc(-c4ccc(N(c5ccc(-c6ccccc6)cc5)c5ccc6c(c5)C(C)(C)c5ccccc5-6)cc4)ccc2n3-c2ccccc2)c1. The highest BCUT2D eigenvalue weighted by atomic mass is 15.1. The Morgan fingerprint density at radius 2 is 1.02 bits per heavy atom. The molecule has 10 aromatic rings. The molecule has 4 nitrogen and oxygen atoms in total. The number of anilines is 3. The second kappa shape index (κ2) is 13.6. The minimum absolute atomic E-state index is 0.0997. The van der Waals surface area contributed by atoms with Gasteiger partial charge in [-0.05, 0) is 123 Å². The van der Waals surface area contributed by atoms with E-state index in [1.54, 1.807) is 0 Å². The molecule has 8 aromatic carbocycles. The lowest BCUT2D eigenvalue weighted by molar-refractivity contribution is -0.670. The Hall–Kier alpha value is -7.43. The number of hydrogen-bond acceptors (Lipinski definition) is 1. The Kier molecular flexibility index (Phi) is 8.02. The molecule has 4 heteroatoms. The summed E-state index contributed by atoms with van der Waals surface area (Å²) < 4.78 is 6.63. The lowest BCUT2D eigenvalue weighted by Gasteiger charge is -2.28. The van der Waals surface area contributed by atoms with Gasteiger partial charge in [0.1, 0.15) is 18.1 Å². The molecule has 0 radical (unpaired) electrons. The number of benzene rings is 8. The summed E-state index contributed by atoms with van der Waals surface area (Å²) in [6.07, 6.45) is 6.28. The first-order chi connectivity index (χ1) is 28.9. The maximum absolute atomic E-state index is 2.41. The van der Waals surface area contributed by atoms with Crippen molar-refractivity contribution in [3.05, 3.63) is 218 Å². The Labute approximate surface area is 345 Å². The zero-order chi connectivity index (χ0) is 39.7. The molecule has 11 rings (SSSR count). The summed E-state index contributed by atoms with van der Waals surface area (Å²) in [5, 5.41) is 2.45. The molecule has 0 saturated heterocycles. The van der Waals surface area contributed by atoms with Gasteiger partial charge in [-0.2, -0.15) is 0 Å². The van der Waals surface area contributed by atoms with Gasteiger partial charge in [-0.15, -0.1) is 0 Å². The first kappa shape index (κ1) is 34.8. The normalized spacial score (nSPS) is 12.8. The predicted octanol–water partition coefficient (Wildman–Crippen LogP) is 13.5. The fraction of sp³-hybridized carbons (Fsp3) is 0.0727. The van der Waals surface area contributed by atoms with Crippen molar-refractivity contribution in [2.75, 3.05) is 4.90 Å². The Morgan fingerprint density at radius 3 is 1.71 bits per heavy atom. The van der Waals surface area contributed by atoms with Gasteiger partial charge in [-0.25, -0.2) is 9.13 Å². The first-order valence-electron chi connectivity index (χ1n) is 20.4. The number of hydrogen-bond donors (Lipinski definition) is 0. The fourth-order valence-corrected chi connectivity index (χ4v) is 9.32. The third kappa shape index (κ3) is 5.79. The molecular formula is C55H43N4+. The van der Waals surface area contributed by atoms with Crippen molar-refractivity contribution in [2.24, 2.45) is 7.05 Å². The zero-order valence-corrected chi connectivity index (χ0v) is 33.4. The van der Waals surface area contributed by atoms with Crippen LogP contribution in [-0.2, 0) is 12.5 Å². The van der Waals surface area contributed by atoms with Crippen LogP contribution in [0.2, 0.25) is 0 Å². The van der Waals surface area contributed by atoms with Crippen molar-refractivity contribution in [3.63, 3.8) is 0 Å². The molecule has 59 heavy (non-hydrogen) atoms. The molecule has 0 aliphatic heterocycles. The predicted molar refractivity (Wildman–Crippen MR) is 244 cm³/mol. The van der Waals surface area contributed by atoms with E-state index < -0.39 is 0 Å². The number of para-hydroxylation sites is 1. The van der Waals surface area contributed by atoms with Gasteiger partial charge in [0.15, 0.2) is 0 Å². The van der Waals surface area contributed by atoms with Crippen LogP contribution in [0.4, 0.5) is 17.1 Å². The second-order valence-electron chi connectivity index (χ2n) is 16.3. The van der Waals surface area contributed by atoms with Gasteiger partial charge in [-0.3, -0.25) is 0 Å². The molecular weight excluding hydrogens is 717 g/mol. The molecule has 0 atom stereocenters. The highest BCUT2D eigenvalue weighted by Crippen LogP contribution is 2.50. The maximum atomic E-state index is 2.41. The molecule has 0 N–H and O–H groups in total. The van der Waals surface area contributed by atoms with E-state index in [1.165, 1.54) is 66.3 Å². The highest BCUT2D eigenvalue weighted by Gasteiger charge is 2.35. The van der Waals surface area contributed by atoms with Gasteiger partial charge in [-0.1, -0.05) is 123 Å². The van der Waals surface area contributed by atoms with Crippen molar-refractivity contribution < 1.29 is 4.57 Å². The van der Waals surface area contributed by atoms with Crippen LogP contribution in [0.15, 0.2) is 207 Å². The molecule has 1 aliphatic rings. The van der Waals surface area contributed by atoms with Gasteiger partial charge in [0.25, 0.3) is 0 Å². The summed E-state index contributed by atoms with van der Waals surface area (Å²) in [7, 11) is 2.06. The summed E-state index contributed by atoms with van der Waals surface area (Å²) >= 11 is 0. The number of imidazole rings is 1. The number of fused-ring (bicyclic) bond motifs is 6. The van der Waals surface area contributed by atoms with E-state index >= 15 is 0 Å². The molecule has 282 valence electrons. The van der Waals surface area contributed by atoms with E-state index in [9.17, 15) is 0 Å². The standard InChI is InChI=1S/C55H43N4/c1-55(2)51-17-11-10-16-47(51)48-29-27-46(36-52(48)55)58(43-23-18-39(19-24-43)38-12-6-4-7-13-38)44-25-20-40(21-26-44)41-22-30-53-49(34-41)50-35-45(57-33-32-56(3)37-57)28-31-54(50)59(53)42-14-8-5-9-15-42/h4-37H,1-3H3/q+1. The van der Waals surface area contributed by atoms with Crippen LogP contribution < -0.4 is 9.47 Å². The van der Waals surface area contributed by atoms with Gasteiger partial charge >= 0.3 is 0 Å². The van der Waals surface area contributed by atoms with Crippen LogP contribution >= 0.6 is 0 Å². The molecule has 0 spiro atoms. The Balaban J connectivity index is 1.02.